The third kappa shape index (κ3) is 5.99. The number of benzene rings is 5. The molecule has 7 aromatic rings. The van der Waals surface area contributed by atoms with Crippen LogP contribution in [0.1, 0.15) is 0 Å². The van der Waals surface area contributed by atoms with Crippen LogP contribution in [0, 0.1) is 0 Å². The molecule has 0 fully saturated rings. The topological polar surface area (TPSA) is 94.3 Å². The molecule has 0 aliphatic heterocycles. The van der Waals surface area contributed by atoms with Gasteiger partial charge in [0.05, 0.1) is 51.2 Å². The van der Waals surface area contributed by atoms with Crippen molar-refractivity contribution in [3.8, 4) is 90.8 Å². The Morgan fingerprint density at radius 3 is 0.854 bits per heavy atom. The highest BCUT2D eigenvalue weighted by molar-refractivity contribution is 5.83. The molecule has 5 aromatic carbocycles. The Hall–Kier alpha value is -6.28. The molecule has 2 heterocycles. The number of hydrogen-bond donors (Lipinski definition) is 2. The van der Waals surface area contributed by atoms with Crippen LogP contribution in [0.15, 0.2) is 121 Å². The summed E-state index contributed by atoms with van der Waals surface area (Å²) >= 11 is 0. The fourth-order valence-electron chi connectivity index (χ4n) is 5.65. The summed E-state index contributed by atoms with van der Waals surface area (Å²) in [7, 11) is 6.66. The van der Waals surface area contributed by atoms with E-state index in [2.05, 4.69) is 34.2 Å². The average molecular weight is 635 g/mol. The van der Waals surface area contributed by atoms with Gasteiger partial charge in [-0.05, 0) is 97.1 Å². The normalized spacial score (nSPS) is 10.9. The second kappa shape index (κ2) is 13.2. The molecule has 7 rings (SSSR count). The Morgan fingerprint density at radius 1 is 0.333 bits per heavy atom. The smallest absolute Gasteiger partial charge is 0.138 e. The van der Waals surface area contributed by atoms with E-state index in [1.54, 1.807) is 28.4 Å². The minimum absolute atomic E-state index is 0.760. The molecule has 0 saturated carbocycles. The van der Waals surface area contributed by atoms with E-state index in [-0.39, 0.29) is 0 Å². The van der Waals surface area contributed by atoms with Crippen molar-refractivity contribution in [3.63, 3.8) is 0 Å². The number of aromatic nitrogens is 4. The molecule has 0 amide bonds. The van der Waals surface area contributed by atoms with Gasteiger partial charge in [-0.1, -0.05) is 24.3 Å². The summed E-state index contributed by atoms with van der Waals surface area (Å²) in [6, 6.07) is 40.0. The fourth-order valence-corrected chi connectivity index (χ4v) is 5.65. The molecule has 8 heteroatoms. The van der Waals surface area contributed by atoms with E-state index < -0.39 is 0 Å². The summed E-state index contributed by atoms with van der Waals surface area (Å²) in [4.78, 5) is 17.3. The quantitative estimate of drug-likeness (QED) is 0.156. The van der Waals surface area contributed by atoms with Gasteiger partial charge in [0.25, 0.3) is 0 Å². The van der Waals surface area contributed by atoms with Crippen molar-refractivity contribution >= 4 is 0 Å². The van der Waals surface area contributed by atoms with Crippen LogP contribution in [0.4, 0.5) is 0 Å². The number of H-pyrrole nitrogens is 2. The summed E-state index contributed by atoms with van der Waals surface area (Å²) in [6.07, 6.45) is 0. The lowest BCUT2D eigenvalue weighted by atomic mass is 10.0. The maximum atomic E-state index is 5.39. The predicted octanol–water partition coefficient (Wildman–Crippen LogP) is 9.17. The van der Waals surface area contributed by atoms with Crippen molar-refractivity contribution in [1.82, 2.24) is 19.9 Å². The van der Waals surface area contributed by atoms with Crippen molar-refractivity contribution in [1.29, 1.82) is 0 Å². The van der Waals surface area contributed by atoms with E-state index in [0.717, 1.165) is 90.8 Å². The summed E-state index contributed by atoms with van der Waals surface area (Å²) < 4.78 is 21.5. The summed E-state index contributed by atoms with van der Waals surface area (Å²) in [5.41, 5.74) is 9.40. The van der Waals surface area contributed by atoms with Crippen molar-refractivity contribution < 1.29 is 18.9 Å². The van der Waals surface area contributed by atoms with Gasteiger partial charge in [0.15, 0.2) is 0 Å². The maximum Gasteiger partial charge on any atom is 0.138 e. The largest absolute Gasteiger partial charge is 0.497 e. The predicted molar refractivity (Wildman–Crippen MR) is 190 cm³/mol. The van der Waals surface area contributed by atoms with E-state index in [4.69, 9.17) is 28.9 Å². The van der Waals surface area contributed by atoms with Crippen molar-refractivity contribution in [2.45, 2.75) is 0 Å². The Morgan fingerprint density at radius 2 is 0.583 bits per heavy atom. The van der Waals surface area contributed by atoms with Crippen molar-refractivity contribution in [2.24, 2.45) is 0 Å². The van der Waals surface area contributed by atoms with E-state index in [1.165, 1.54) is 0 Å². The van der Waals surface area contributed by atoms with Crippen LogP contribution in [0.5, 0.6) is 23.0 Å². The number of rotatable bonds is 10. The highest BCUT2D eigenvalue weighted by Crippen LogP contribution is 2.37. The summed E-state index contributed by atoms with van der Waals surface area (Å²) in [5, 5.41) is 0. The number of imidazole rings is 2. The Kier molecular flexibility index (Phi) is 8.36. The van der Waals surface area contributed by atoms with Gasteiger partial charge in [-0.2, -0.15) is 0 Å². The molecule has 2 aromatic heterocycles. The number of aromatic amines is 2. The number of nitrogens with one attached hydrogen (secondary N) is 2. The van der Waals surface area contributed by atoms with E-state index in [9.17, 15) is 0 Å². The molecule has 48 heavy (non-hydrogen) atoms. The van der Waals surface area contributed by atoms with Gasteiger partial charge < -0.3 is 28.9 Å². The molecule has 0 spiro atoms. The van der Waals surface area contributed by atoms with Gasteiger partial charge in [0.2, 0.25) is 0 Å². The molecule has 0 aliphatic carbocycles. The first-order valence-corrected chi connectivity index (χ1v) is 15.5. The fraction of sp³-hybridized carbons (Fsp3) is 0.100. The third-order valence-corrected chi connectivity index (χ3v) is 8.32. The van der Waals surface area contributed by atoms with Crippen molar-refractivity contribution in [3.05, 3.63) is 121 Å². The average Bonchev–Trinajstić information content (AvgIpc) is 3.81. The molecular weight excluding hydrogens is 600 g/mol. The minimum Gasteiger partial charge on any atom is -0.497 e. The molecule has 0 radical (unpaired) electrons. The van der Waals surface area contributed by atoms with Crippen LogP contribution in [0.2, 0.25) is 0 Å². The second-order valence-electron chi connectivity index (χ2n) is 11.1. The first-order valence-electron chi connectivity index (χ1n) is 15.5. The van der Waals surface area contributed by atoms with Crippen LogP contribution in [-0.4, -0.2) is 48.4 Å². The van der Waals surface area contributed by atoms with Crippen LogP contribution >= 0.6 is 0 Å². The minimum atomic E-state index is 0.760. The standard InChI is InChI=1S/C40H34N4O4/c1-45-31-17-9-25(10-18-31)35-36(26-11-19-32(46-2)20-12-26)42-39(41-35)29-5-7-30(8-6-29)40-43-37(27-13-21-33(47-3)22-14-27)38(44-40)28-15-23-34(48-4)24-16-28/h5-24H,1-4H3,(H,41,42)(H,43,44). The molecule has 0 unspecified atom stereocenters. The summed E-state index contributed by atoms with van der Waals surface area (Å²) in [6.45, 7) is 0. The Bertz CT molecular complexity index is 1850. The molecule has 0 bridgehead atoms. The Labute approximate surface area is 279 Å². The van der Waals surface area contributed by atoms with Gasteiger partial charge >= 0.3 is 0 Å². The van der Waals surface area contributed by atoms with Gasteiger partial charge in [-0.15, -0.1) is 0 Å². The van der Waals surface area contributed by atoms with Crippen LogP contribution < -0.4 is 18.9 Å². The lowest BCUT2D eigenvalue weighted by molar-refractivity contribution is 0.414. The maximum absolute atomic E-state index is 5.39. The highest BCUT2D eigenvalue weighted by Gasteiger charge is 2.18. The molecule has 8 nitrogen and oxygen atoms in total. The van der Waals surface area contributed by atoms with Crippen LogP contribution in [-0.2, 0) is 0 Å². The van der Waals surface area contributed by atoms with Gasteiger partial charge in [0.1, 0.15) is 34.6 Å². The number of hydrogen-bond acceptors (Lipinski definition) is 6. The zero-order chi connectivity index (χ0) is 33.0. The second-order valence-corrected chi connectivity index (χ2v) is 11.1. The molecule has 0 atom stereocenters. The van der Waals surface area contributed by atoms with Gasteiger partial charge in [-0.3, -0.25) is 0 Å². The van der Waals surface area contributed by atoms with E-state index in [1.807, 2.05) is 97.1 Å². The molecular formula is C40H34N4O4. The van der Waals surface area contributed by atoms with Crippen molar-refractivity contribution in [2.75, 3.05) is 28.4 Å². The zero-order valence-electron chi connectivity index (χ0n) is 27.1. The lowest BCUT2D eigenvalue weighted by Crippen LogP contribution is -1.87. The first kappa shape index (κ1) is 30.4. The SMILES string of the molecule is COc1ccc(-c2nc(-c3ccc(-c4nc(-c5ccc(OC)cc5)c(-c5ccc(OC)cc5)[nH]4)cc3)[nH]c2-c2ccc(OC)cc2)cc1. The number of methoxy groups -OCH3 is 4. The number of nitrogens with zero attached hydrogens (tertiary/aromatic N) is 2. The number of ether oxygens (including phenoxy) is 4. The molecule has 0 saturated heterocycles. The van der Waals surface area contributed by atoms with E-state index in [0.29, 0.717) is 0 Å². The van der Waals surface area contributed by atoms with Gasteiger partial charge in [-0.25, -0.2) is 9.97 Å². The molecule has 238 valence electrons. The molecule has 2 N–H and O–H groups in total. The monoisotopic (exact) mass is 634 g/mol. The van der Waals surface area contributed by atoms with Crippen LogP contribution in [0.25, 0.3) is 67.8 Å². The summed E-state index contributed by atoms with van der Waals surface area (Å²) in [5.74, 6) is 4.69. The lowest BCUT2D eigenvalue weighted by Gasteiger charge is -2.06. The molecule has 0 aliphatic rings. The first-order chi connectivity index (χ1) is 23.6. The zero-order valence-corrected chi connectivity index (χ0v) is 27.1. The third-order valence-electron chi connectivity index (χ3n) is 8.32. The van der Waals surface area contributed by atoms with Crippen LogP contribution in [0.3, 0.4) is 0 Å². The van der Waals surface area contributed by atoms with E-state index >= 15 is 0 Å². The highest BCUT2D eigenvalue weighted by atomic mass is 16.5. The Balaban J connectivity index is 1.26. The van der Waals surface area contributed by atoms with Gasteiger partial charge in [0, 0.05) is 33.4 Å².